The second-order valence-corrected chi connectivity index (χ2v) is 7.08. The lowest BCUT2D eigenvalue weighted by Gasteiger charge is -2.18. The fourth-order valence-corrected chi connectivity index (χ4v) is 2.92. The summed E-state index contributed by atoms with van der Waals surface area (Å²) < 4.78 is 6.80. The second-order valence-electron chi connectivity index (χ2n) is 6.72. The molecule has 8 nitrogen and oxygen atoms in total. The third-order valence-electron chi connectivity index (χ3n) is 4.02. The van der Waals surface area contributed by atoms with Gasteiger partial charge in [0, 0.05) is 11.6 Å². The first kappa shape index (κ1) is 22.2. The number of nitrogens with two attached hydrogens (primary N) is 1. The minimum absolute atomic E-state index is 0.356. The summed E-state index contributed by atoms with van der Waals surface area (Å²) in [6, 6.07) is 8.69. The Labute approximate surface area is 173 Å². The van der Waals surface area contributed by atoms with Crippen molar-refractivity contribution in [3.63, 3.8) is 0 Å². The van der Waals surface area contributed by atoms with E-state index in [1.807, 2.05) is 35.6 Å². The zero-order valence-electron chi connectivity index (χ0n) is 16.4. The van der Waals surface area contributed by atoms with Crippen molar-refractivity contribution in [3.8, 4) is 0 Å². The maximum absolute atomic E-state index is 12.2. The van der Waals surface area contributed by atoms with E-state index in [9.17, 15) is 14.4 Å². The van der Waals surface area contributed by atoms with Crippen LogP contribution in [-0.2, 0) is 20.9 Å². The monoisotopic (exact) mass is 418 g/mol. The van der Waals surface area contributed by atoms with Gasteiger partial charge in [-0.2, -0.15) is 5.10 Å². The molecule has 0 saturated heterocycles. The Kier molecular flexibility index (Phi) is 7.55. The maximum Gasteiger partial charge on any atom is 0.331 e. The first-order chi connectivity index (χ1) is 13.7. The topological polar surface area (TPSA) is 116 Å². The van der Waals surface area contributed by atoms with Gasteiger partial charge in [-0.15, -0.1) is 0 Å². The fraction of sp³-hybridized carbons (Fsp3) is 0.300. The number of amides is 3. The number of urea groups is 1. The zero-order valence-corrected chi connectivity index (χ0v) is 17.1. The molecule has 2 aromatic rings. The summed E-state index contributed by atoms with van der Waals surface area (Å²) in [5.74, 6) is -1.89. The fourth-order valence-electron chi connectivity index (χ4n) is 2.62. The molecule has 154 valence electrons. The van der Waals surface area contributed by atoms with Crippen LogP contribution < -0.4 is 11.1 Å². The van der Waals surface area contributed by atoms with Crippen molar-refractivity contribution in [1.29, 1.82) is 0 Å². The molecule has 1 atom stereocenters. The Morgan fingerprint density at radius 2 is 1.93 bits per heavy atom. The highest BCUT2D eigenvalue weighted by molar-refractivity contribution is 6.31. The van der Waals surface area contributed by atoms with Crippen LogP contribution in [0.2, 0.25) is 5.15 Å². The molecule has 0 aliphatic carbocycles. The van der Waals surface area contributed by atoms with Gasteiger partial charge in [0.25, 0.3) is 5.91 Å². The minimum Gasteiger partial charge on any atom is -0.449 e. The molecule has 0 fully saturated rings. The average molecular weight is 419 g/mol. The van der Waals surface area contributed by atoms with Gasteiger partial charge in [-0.3, -0.25) is 10.1 Å². The van der Waals surface area contributed by atoms with Crippen LogP contribution in [0.5, 0.6) is 0 Å². The number of halogens is 1. The van der Waals surface area contributed by atoms with Gasteiger partial charge in [-0.1, -0.05) is 55.8 Å². The number of rotatable bonds is 7. The maximum atomic E-state index is 12.2. The smallest absolute Gasteiger partial charge is 0.331 e. The lowest BCUT2D eigenvalue weighted by molar-refractivity contribution is -0.153. The molecule has 1 heterocycles. The Morgan fingerprint density at radius 3 is 2.52 bits per heavy atom. The molecule has 0 bridgehead atoms. The van der Waals surface area contributed by atoms with E-state index in [1.54, 1.807) is 25.5 Å². The Hall–Kier alpha value is -3.13. The number of hydrogen-bond donors (Lipinski definition) is 2. The van der Waals surface area contributed by atoms with E-state index >= 15 is 0 Å². The van der Waals surface area contributed by atoms with Crippen molar-refractivity contribution in [2.75, 3.05) is 0 Å². The molecule has 3 amide bonds. The molecule has 9 heteroatoms. The van der Waals surface area contributed by atoms with Gasteiger partial charge in [0.15, 0.2) is 6.10 Å². The number of ether oxygens (including phenoxy) is 1. The van der Waals surface area contributed by atoms with Crippen LogP contribution in [0.25, 0.3) is 6.08 Å². The predicted molar refractivity (Wildman–Crippen MR) is 109 cm³/mol. The van der Waals surface area contributed by atoms with Crippen molar-refractivity contribution in [2.45, 2.75) is 33.4 Å². The summed E-state index contributed by atoms with van der Waals surface area (Å²) >= 11 is 6.41. The summed E-state index contributed by atoms with van der Waals surface area (Å²) in [6.45, 7) is 5.62. The summed E-state index contributed by atoms with van der Waals surface area (Å²) in [6.07, 6.45) is 1.49. The molecular weight excluding hydrogens is 396 g/mol. The van der Waals surface area contributed by atoms with E-state index in [2.05, 4.69) is 5.10 Å². The predicted octanol–water partition coefficient (Wildman–Crippen LogP) is 2.67. The van der Waals surface area contributed by atoms with Crippen LogP contribution in [0.1, 0.15) is 30.7 Å². The van der Waals surface area contributed by atoms with Gasteiger partial charge in [0.05, 0.1) is 12.2 Å². The summed E-state index contributed by atoms with van der Waals surface area (Å²) in [5.41, 5.74) is 7.18. The lowest BCUT2D eigenvalue weighted by Crippen LogP contribution is -2.45. The standard InChI is InChI=1S/C20H23ClN4O4/c1-12(2)17(19(27)23-20(22)28)29-16(26)10-9-15-13(3)24-25(18(15)21)11-14-7-5-4-6-8-14/h4-10,12,17H,11H2,1-3H3,(H3,22,23,27,28)/b10-9+. The number of benzene rings is 1. The quantitative estimate of drug-likeness (QED) is 0.529. The van der Waals surface area contributed by atoms with Gasteiger partial charge in [-0.25, -0.2) is 14.3 Å². The number of carbonyl (C=O) groups excluding carboxylic acids is 3. The zero-order chi connectivity index (χ0) is 21.6. The Morgan fingerprint density at radius 1 is 1.28 bits per heavy atom. The Balaban J connectivity index is 2.11. The van der Waals surface area contributed by atoms with Gasteiger partial charge < -0.3 is 10.5 Å². The third-order valence-corrected chi connectivity index (χ3v) is 4.42. The van der Waals surface area contributed by atoms with E-state index in [0.717, 1.165) is 11.6 Å². The number of nitrogens with one attached hydrogen (secondary N) is 1. The number of imide groups is 1. The number of hydrogen-bond acceptors (Lipinski definition) is 5. The summed E-state index contributed by atoms with van der Waals surface area (Å²) in [5, 5.41) is 6.69. The van der Waals surface area contributed by atoms with Crippen molar-refractivity contribution in [2.24, 2.45) is 11.7 Å². The second kappa shape index (κ2) is 9.88. The van der Waals surface area contributed by atoms with E-state index < -0.39 is 24.0 Å². The van der Waals surface area contributed by atoms with Crippen LogP contribution in [0, 0.1) is 12.8 Å². The normalized spacial score (nSPS) is 12.2. The van der Waals surface area contributed by atoms with Crippen LogP contribution >= 0.6 is 11.6 Å². The summed E-state index contributed by atoms with van der Waals surface area (Å²) in [7, 11) is 0. The molecule has 2 rings (SSSR count). The first-order valence-electron chi connectivity index (χ1n) is 8.94. The third kappa shape index (κ3) is 6.18. The molecule has 0 saturated carbocycles. The molecule has 0 aliphatic rings. The first-order valence-corrected chi connectivity index (χ1v) is 9.32. The van der Waals surface area contributed by atoms with E-state index in [-0.39, 0.29) is 5.92 Å². The van der Waals surface area contributed by atoms with E-state index in [1.165, 1.54) is 6.08 Å². The highest BCUT2D eigenvalue weighted by Crippen LogP contribution is 2.22. The largest absolute Gasteiger partial charge is 0.449 e. The lowest BCUT2D eigenvalue weighted by atomic mass is 10.1. The highest BCUT2D eigenvalue weighted by Gasteiger charge is 2.26. The Bertz CT molecular complexity index is 922. The molecule has 0 spiro atoms. The molecule has 0 aliphatic heterocycles. The average Bonchev–Trinajstić information content (AvgIpc) is 2.91. The number of carbonyl (C=O) groups is 3. The van der Waals surface area contributed by atoms with Crippen molar-refractivity contribution >= 4 is 35.6 Å². The van der Waals surface area contributed by atoms with Gasteiger partial charge in [0.1, 0.15) is 5.15 Å². The molecular formula is C20H23ClN4O4. The van der Waals surface area contributed by atoms with Gasteiger partial charge >= 0.3 is 12.0 Å². The van der Waals surface area contributed by atoms with Crippen molar-refractivity contribution in [1.82, 2.24) is 15.1 Å². The van der Waals surface area contributed by atoms with E-state index in [0.29, 0.717) is 23.0 Å². The molecule has 1 aromatic carbocycles. The van der Waals surface area contributed by atoms with Gasteiger partial charge in [-0.05, 0) is 24.5 Å². The van der Waals surface area contributed by atoms with Crippen LogP contribution in [-0.4, -0.2) is 33.8 Å². The number of aromatic nitrogens is 2. The number of nitrogens with zero attached hydrogens (tertiary/aromatic N) is 2. The number of esters is 1. The number of primary amides is 1. The van der Waals surface area contributed by atoms with Crippen molar-refractivity contribution in [3.05, 3.63) is 58.4 Å². The molecule has 3 N–H and O–H groups in total. The van der Waals surface area contributed by atoms with Crippen molar-refractivity contribution < 1.29 is 19.1 Å². The molecule has 1 aromatic heterocycles. The summed E-state index contributed by atoms with van der Waals surface area (Å²) in [4.78, 5) is 35.0. The minimum atomic E-state index is -1.16. The van der Waals surface area contributed by atoms with Crippen LogP contribution in [0.15, 0.2) is 36.4 Å². The van der Waals surface area contributed by atoms with Crippen LogP contribution in [0.3, 0.4) is 0 Å². The van der Waals surface area contributed by atoms with E-state index in [4.69, 9.17) is 22.1 Å². The van der Waals surface area contributed by atoms with Crippen LogP contribution in [0.4, 0.5) is 4.79 Å². The highest BCUT2D eigenvalue weighted by atomic mass is 35.5. The molecule has 0 radical (unpaired) electrons. The molecule has 1 unspecified atom stereocenters. The molecule has 29 heavy (non-hydrogen) atoms. The number of aryl methyl sites for hydroxylation is 1. The van der Waals surface area contributed by atoms with Gasteiger partial charge in [0.2, 0.25) is 0 Å². The SMILES string of the molecule is Cc1nn(Cc2ccccc2)c(Cl)c1/C=C/C(=O)OC(C(=O)NC(N)=O)C(C)C.